The molecule has 0 saturated carbocycles. The molecule has 0 aliphatic carbocycles. The smallest absolute Gasteiger partial charge is 0.407 e. The van der Waals surface area contributed by atoms with Gasteiger partial charge in [0.25, 0.3) is 10.1 Å². The molecule has 1 atom stereocenters. The largest absolute Gasteiger partial charge is 0.469 e. The molecule has 0 heterocycles. The van der Waals surface area contributed by atoms with Gasteiger partial charge in [-0.25, -0.2) is 4.79 Å². The van der Waals surface area contributed by atoms with Gasteiger partial charge in [0.2, 0.25) is 0 Å². The number of hydrogen-bond acceptors (Lipinski definition) is 7. The number of carbonyl (C=O) groups excluding carboxylic acids is 2. The van der Waals surface area contributed by atoms with E-state index in [1.54, 1.807) is 24.3 Å². The number of alkyl carbamates (subject to hydrolysis) is 1. The fraction of sp³-hybridized carbons (Fsp3) is 0.429. The molecule has 1 aromatic rings. The van der Waals surface area contributed by atoms with Gasteiger partial charge in [0.15, 0.2) is 0 Å². The molecule has 0 spiro atoms. The summed E-state index contributed by atoms with van der Waals surface area (Å²) in [7, 11) is -2.51. The molecule has 23 heavy (non-hydrogen) atoms. The SMILES string of the molecule is COC(=O)CC(COS(C)(=O)=O)NC(=O)OCc1ccccc1. The monoisotopic (exact) mass is 345 g/mol. The number of esters is 1. The Morgan fingerprint density at radius 3 is 2.43 bits per heavy atom. The van der Waals surface area contributed by atoms with Crippen LogP contribution in [-0.4, -0.2) is 46.5 Å². The minimum Gasteiger partial charge on any atom is -0.469 e. The third-order valence-corrected chi connectivity index (χ3v) is 3.22. The lowest BCUT2D eigenvalue weighted by Crippen LogP contribution is -2.40. The summed E-state index contributed by atoms with van der Waals surface area (Å²) in [6.45, 7) is -0.348. The first-order valence-corrected chi connectivity index (χ1v) is 8.50. The molecule has 0 saturated heterocycles. The first-order chi connectivity index (χ1) is 10.8. The number of nitrogens with one attached hydrogen (secondary N) is 1. The Morgan fingerprint density at radius 1 is 1.22 bits per heavy atom. The van der Waals surface area contributed by atoms with Gasteiger partial charge >= 0.3 is 12.1 Å². The second-order valence-electron chi connectivity index (χ2n) is 4.67. The fourth-order valence-electron chi connectivity index (χ4n) is 1.57. The van der Waals surface area contributed by atoms with Gasteiger partial charge in [-0.05, 0) is 5.56 Å². The molecule has 1 amide bonds. The zero-order valence-corrected chi connectivity index (χ0v) is 13.7. The lowest BCUT2D eigenvalue weighted by Gasteiger charge is -2.17. The summed E-state index contributed by atoms with van der Waals surface area (Å²) in [5.41, 5.74) is 0.791. The zero-order chi connectivity index (χ0) is 17.3. The molecule has 0 fully saturated rings. The van der Waals surface area contributed by atoms with Gasteiger partial charge < -0.3 is 14.8 Å². The van der Waals surface area contributed by atoms with Crippen LogP contribution in [0.2, 0.25) is 0 Å². The van der Waals surface area contributed by atoms with E-state index in [1.807, 2.05) is 6.07 Å². The van der Waals surface area contributed by atoms with E-state index < -0.39 is 34.8 Å². The number of amides is 1. The first kappa shape index (κ1) is 18.9. The predicted octanol–water partition coefficient (Wildman–Crippen LogP) is 0.821. The van der Waals surface area contributed by atoms with E-state index in [9.17, 15) is 18.0 Å². The summed E-state index contributed by atoms with van der Waals surface area (Å²) in [4.78, 5) is 23.0. The molecular weight excluding hydrogens is 326 g/mol. The highest BCUT2D eigenvalue weighted by Crippen LogP contribution is 2.03. The lowest BCUT2D eigenvalue weighted by molar-refractivity contribution is -0.141. The van der Waals surface area contributed by atoms with E-state index in [1.165, 1.54) is 7.11 Å². The van der Waals surface area contributed by atoms with E-state index in [2.05, 4.69) is 14.2 Å². The van der Waals surface area contributed by atoms with E-state index in [4.69, 9.17) is 4.74 Å². The maximum absolute atomic E-state index is 11.7. The van der Waals surface area contributed by atoms with Crippen molar-refractivity contribution >= 4 is 22.2 Å². The molecule has 1 rings (SSSR count). The Balaban J connectivity index is 2.53. The number of rotatable bonds is 8. The Bertz CT molecular complexity index is 615. The van der Waals surface area contributed by atoms with Gasteiger partial charge in [-0.15, -0.1) is 0 Å². The maximum Gasteiger partial charge on any atom is 0.407 e. The Hall–Kier alpha value is -2.13. The lowest BCUT2D eigenvalue weighted by atomic mass is 10.2. The van der Waals surface area contributed by atoms with Crippen molar-refractivity contribution in [1.82, 2.24) is 5.32 Å². The zero-order valence-electron chi connectivity index (χ0n) is 12.9. The fourth-order valence-corrected chi connectivity index (χ4v) is 1.98. The minimum atomic E-state index is -3.70. The van der Waals surface area contributed by atoms with Crippen LogP contribution in [0.5, 0.6) is 0 Å². The van der Waals surface area contributed by atoms with Crippen LogP contribution < -0.4 is 5.32 Å². The molecule has 1 aromatic carbocycles. The van der Waals surface area contributed by atoms with Crippen molar-refractivity contribution in [3.8, 4) is 0 Å². The van der Waals surface area contributed by atoms with Crippen LogP contribution in [0.25, 0.3) is 0 Å². The number of carbonyl (C=O) groups is 2. The van der Waals surface area contributed by atoms with Crippen molar-refractivity contribution in [3.63, 3.8) is 0 Å². The van der Waals surface area contributed by atoms with Crippen LogP contribution in [0.4, 0.5) is 4.79 Å². The molecular formula is C14H19NO7S. The van der Waals surface area contributed by atoms with Crippen molar-refractivity contribution in [2.75, 3.05) is 20.0 Å². The molecule has 0 bridgehead atoms. The van der Waals surface area contributed by atoms with E-state index in [0.29, 0.717) is 0 Å². The summed E-state index contributed by atoms with van der Waals surface area (Å²) >= 11 is 0. The van der Waals surface area contributed by atoms with Crippen LogP contribution in [0.3, 0.4) is 0 Å². The predicted molar refractivity (Wildman–Crippen MR) is 81.0 cm³/mol. The summed E-state index contributed by atoms with van der Waals surface area (Å²) in [5.74, 6) is -0.615. The highest BCUT2D eigenvalue weighted by molar-refractivity contribution is 7.85. The summed E-state index contributed by atoms with van der Waals surface area (Å²) < 4.78 is 36.1. The van der Waals surface area contributed by atoms with Crippen LogP contribution in [-0.2, 0) is 35.2 Å². The molecule has 8 nitrogen and oxygen atoms in total. The Labute approximate surface area is 134 Å². The van der Waals surface area contributed by atoms with E-state index >= 15 is 0 Å². The molecule has 128 valence electrons. The summed E-state index contributed by atoms with van der Waals surface area (Å²) in [5, 5.41) is 2.37. The molecule has 0 aliphatic rings. The topological polar surface area (TPSA) is 108 Å². The third-order valence-electron chi connectivity index (χ3n) is 2.66. The number of ether oxygens (including phenoxy) is 2. The second kappa shape index (κ2) is 9.11. The van der Waals surface area contributed by atoms with Gasteiger partial charge in [0, 0.05) is 0 Å². The van der Waals surface area contributed by atoms with Crippen LogP contribution in [0.15, 0.2) is 30.3 Å². The second-order valence-corrected chi connectivity index (χ2v) is 6.32. The van der Waals surface area contributed by atoms with Crippen LogP contribution in [0.1, 0.15) is 12.0 Å². The molecule has 9 heteroatoms. The van der Waals surface area contributed by atoms with Gasteiger partial charge in [0.05, 0.1) is 32.4 Å². The highest BCUT2D eigenvalue weighted by atomic mass is 32.2. The normalized spacial score (nSPS) is 12.3. The number of hydrogen-bond donors (Lipinski definition) is 1. The van der Waals surface area contributed by atoms with Crippen molar-refractivity contribution in [1.29, 1.82) is 0 Å². The van der Waals surface area contributed by atoms with E-state index in [-0.39, 0.29) is 13.0 Å². The minimum absolute atomic E-state index is 0.0462. The quantitative estimate of drug-likeness (QED) is 0.549. The van der Waals surface area contributed by atoms with Crippen molar-refractivity contribution < 1.29 is 31.7 Å². The number of benzene rings is 1. The number of methoxy groups -OCH3 is 1. The van der Waals surface area contributed by atoms with E-state index in [0.717, 1.165) is 11.8 Å². The van der Waals surface area contributed by atoms with Gasteiger partial charge in [-0.2, -0.15) is 8.42 Å². The van der Waals surface area contributed by atoms with Crippen molar-refractivity contribution in [3.05, 3.63) is 35.9 Å². The molecule has 1 unspecified atom stereocenters. The van der Waals surface area contributed by atoms with Crippen molar-refractivity contribution in [2.45, 2.75) is 19.1 Å². The van der Waals surface area contributed by atoms with Gasteiger partial charge in [-0.3, -0.25) is 8.98 Å². The van der Waals surface area contributed by atoms with Gasteiger partial charge in [0.1, 0.15) is 6.61 Å². The molecule has 0 aromatic heterocycles. The molecule has 1 N–H and O–H groups in total. The average molecular weight is 345 g/mol. The summed E-state index contributed by atoms with van der Waals surface area (Å²) in [6.07, 6.45) is -0.164. The standard InChI is InChI=1S/C14H19NO7S/c1-20-13(16)8-12(10-22-23(2,18)19)15-14(17)21-9-11-6-4-3-5-7-11/h3-7,12H,8-10H2,1-2H3,(H,15,17). The van der Waals surface area contributed by atoms with Crippen LogP contribution in [0, 0.1) is 0 Å². The maximum atomic E-state index is 11.7. The van der Waals surface area contributed by atoms with Crippen LogP contribution >= 0.6 is 0 Å². The highest BCUT2D eigenvalue weighted by Gasteiger charge is 2.20. The average Bonchev–Trinajstić information content (AvgIpc) is 2.50. The molecule has 0 radical (unpaired) electrons. The van der Waals surface area contributed by atoms with Gasteiger partial charge in [-0.1, -0.05) is 30.3 Å². The van der Waals surface area contributed by atoms with Crippen molar-refractivity contribution in [2.24, 2.45) is 0 Å². The third kappa shape index (κ3) is 8.79. The first-order valence-electron chi connectivity index (χ1n) is 6.68. The summed E-state index contributed by atoms with van der Waals surface area (Å²) in [6, 6.07) is 8.12. The Kier molecular flexibility index (Phi) is 7.49. The molecule has 0 aliphatic heterocycles. The Morgan fingerprint density at radius 2 is 1.87 bits per heavy atom.